The molecule has 10 heteroatoms. The summed E-state index contributed by atoms with van der Waals surface area (Å²) in [7, 11) is 0. The predicted molar refractivity (Wildman–Crippen MR) is 127 cm³/mol. The van der Waals surface area contributed by atoms with Crippen LogP contribution in [0, 0.1) is 18.7 Å². The number of hydrogen-bond donors (Lipinski definition) is 0. The monoisotopic (exact) mass is 473 g/mol. The largest absolute Gasteiger partial charge is 0.379 e. The maximum atomic E-state index is 13.8. The van der Waals surface area contributed by atoms with Crippen LogP contribution < -0.4 is 4.90 Å². The molecule has 1 amide bonds. The van der Waals surface area contributed by atoms with Gasteiger partial charge in [-0.2, -0.15) is 15.0 Å². The molecule has 2 aromatic heterocycles. The molecule has 6 rings (SSSR count). The van der Waals surface area contributed by atoms with Crippen molar-refractivity contribution in [2.75, 3.05) is 37.7 Å². The number of amides is 1. The standard InChI is InChI=1S/C25H24FN7O2/c1-16-2-5-23(33-28-6-7-29-33)21(8-16)24(34)31-11-17-12-32(20(13-31)15-35-14-17)25-27-10-18-9-19(26)3-4-22(18)30-25/h2-10,17,20H,11-15H2,1H3. The van der Waals surface area contributed by atoms with Crippen molar-refractivity contribution in [1.82, 2.24) is 29.9 Å². The first-order valence-electron chi connectivity index (χ1n) is 11.6. The van der Waals surface area contributed by atoms with Gasteiger partial charge in [0.2, 0.25) is 5.95 Å². The summed E-state index contributed by atoms with van der Waals surface area (Å²) in [6.07, 6.45) is 4.84. The number of aromatic nitrogens is 5. The van der Waals surface area contributed by atoms with E-state index in [1.165, 1.54) is 16.9 Å². The number of nitrogens with zero attached hydrogens (tertiary/aromatic N) is 7. The summed E-state index contributed by atoms with van der Waals surface area (Å²) < 4.78 is 19.5. The normalized spacial score (nSPS) is 20.2. The van der Waals surface area contributed by atoms with Crippen molar-refractivity contribution < 1.29 is 13.9 Å². The summed E-state index contributed by atoms with van der Waals surface area (Å²) in [4.78, 5) is 28.6. The fraction of sp³-hybridized carbons (Fsp3) is 0.320. The fourth-order valence-electron chi connectivity index (χ4n) is 4.89. The molecule has 0 aliphatic carbocycles. The number of rotatable bonds is 3. The van der Waals surface area contributed by atoms with E-state index in [0.717, 1.165) is 5.56 Å². The first-order chi connectivity index (χ1) is 17.0. The van der Waals surface area contributed by atoms with E-state index in [2.05, 4.69) is 20.1 Å². The summed E-state index contributed by atoms with van der Waals surface area (Å²) in [6.45, 7) is 4.68. The third-order valence-corrected chi connectivity index (χ3v) is 6.56. The maximum Gasteiger partial charge on any atom is 0.256 e. The van der Waals surface area contributed by atoms with Gasteiger partial charge in [-0.3, -0.25) is 4.79 Å². The van der Waals surface area contributed by atoms with E-state index in [9.17, 15) is 9.18 Å². The van der Waals surface area contributed by atoms with Crippen LogP contribution in [0.15, 0.2) is 55.0 Å². The molecule has 2 atom stereocenters. The topological polar surface area (TPSA) is 89.3 Å². The molecule has 0 saturated carbocycles. The SMILES string of the molecule is Cc1ccc(-n2nccn2)c(C(=O)N2CC3COCC(C2)N(c2ncc4cc(F)ccc4n2)C3)c1. The minimum Gasteiger partial charge on any atom is -0.379 e. The highest BCUT2D eigenvalue weighted by atomic mass is 19.1. The molecule has 35 heavy (non-hydrogen) atoms. The van der Waals surface area contributed by atoms with Gasteiger partial charge in [0.05, 0.1) is 48.4 Å². The van der Waals surface area contributed by atoms with Gasteiger partial charge < -0.3 is 14.5 Å². The number of carbonyl (C=O) groups excluding carboxylic acids is 1. The highest BCUT2D eigenvalue weighted by molar-refractivity contribution is 5.98. The molecule has 2 unspecified atom stereocenters. The lowest BCUT2D eigenvalue weighted by molar-refractivity contribution is 0.0496. The Hall–Kier alpha value is -3.92. The number of ether oxygens (including phenoxy) is 1. The second-order valence-corrected chi connectivity index (χ2v) is 9.13. The molecule has 0 spiro atoms. The number of fused-ring (bicyclic) bond motifs is 4. The average Bonchev–Trinajstić information content (AvgIpc) is 3.22. The second kappa shape index (κ2) is 8.70. The molecule has 2 saturated heterocycles. The lowest BCUT2D eigenvalue weighted by Crippen LogP contribution is -2.46. The molecule has 4 aromatic rings. The van der Waals surface area contributed by atoms with Crippen LogP contribution in [0.4, 0.5) is 10.3 Å². The van der Waals surface area contributed by atoms with Crippen molar-refractivity contribution in [3.63, 3.8) is 0 Å². The smallest absolute Gasteiger partial charge is 0.256 e. The zero-order valence-electron chi connectivity index (χ0n) is 19.2. The Morgan fingerprint density at radius 2 is 1.91 bits per heavy atom. The third-order valence-electron chi connectivity index (χ3n) is 6.56. The number of carbonyl (C=O) groups is 1. The molecular formula is C25H24FN7O2. The van der Waals surface area contributed by atoms with Gasteiger partial charge in [-0.15, -0.1) is 0 Å². The molecule has 0 radical (unpaired) electrons. The van der Waals surface area contributed by atoms with Crippen molar-refractivity contribution in [2.24, 2.45) is 5.92 Å². The van der Waals surface area contributed by atoms with Crippen LogP contribution >= 0.6 is 0 Å². The van der Waals surface area contributed by atoms with Crippen LogP contribution in [0.25, 0.3) is 16.6 Å². The number of hydrogen-bond acceptors (Lipinski definition) is 7. The Morgan fingerprint density at radius 1 is 1.06 bits per heavy atom. The molecule has 2 fully saturated rings. The third kappa shape index (κ3) is 4.10. The Balaban J connectivity index is 1.33. The van der Waals surface area contributed by atoms with Crippen molar-refractivity contribution in [2.45, 2.75) is 13.0 Å². The van der Waals surface area contributed by atoms with Gasteiger partial charge in [0, 0.05) is 37.1 Å². The lowest BCUT2D eigenvalue weighted by Gasteiger charge is -2.31. The minimum atomic E-state index is -0.317. The summed E-state index contributed by atoms with van der Waals surface area (Å²) in [6, 6.07) is 10.1. The van der Waals surface area contributed by atoms with Crippen LogP contribution in [-0.2, 0) is 4.74 Å². The maximum absolute atomic E-state index is 13.8. The van der Waals surface area contributed by atoms with E-state index in [1.54, 1.807) is 24.7 Å². The molecule has 178 valence electrons. The second-order valence-electron chi connectivity index (χ2n) is 9.13. The molecule has 2 aliphatic heterocycles. The highest BCUT2D eigenvalue weighted by Gasteiger charge is 2.37. The summed E-state index contributed by atoms with van der Waals surface area (Å²) in [5.74, 6) is 0.281. The van der Waals surface area contributed by atoms with Crippen LogP contribution in [0.5, 0.6) is 0 Å². The Kier molecular flexibility index (Phi) is 5.37. The number of halogens is 1. The van der Waals surface area contributed by atoms with Gasteiger partial charge in [-0.05, 0) is 37.3 Å². The first kappa shape index (κ1) is 21.6. The van der Waals surface area contributed by atoms with E-state index in [-0.39, 0.29) is 23.7 Å². The molecular weight excluding hydrogens is 449 g/mol. The Bertz CT molecular complexity index is 1390. The zero-order valence-corrected chi connectivity index (χ0v) is 19.2. The number of benzene rings is 2. The minimum absolute atomic E-state index is 0.0605. The van der Waals surface area contributed by atoms with Gasteiger partial charge in [-0.1, -0.05) is 11.6 Å². The van der Waals surface area contributed by atoms with Gasteiger partial charge in [0.15, 0.2) is 0 Å². The van der Waals surface area contributed by atoms with E-state index in [1.807, 2.05) is 30.0 Å². The summed E-state index contributed by atoms with van der Waals surface area (Å²) >= 11 is 0. The number of anilines is 1. The van der Waals surface area contributed by atoms with E-state index in [4.69, 9.17) is 9.72 Å². The van der Waals surface area contributed by atoms with Crippen molar-refractivity contribution >= 4 is 22.8 Å². The Morgan fingerprint density at radius 3 is 2.77 bits per heavy atom. The first-order valence-corrected chi connectivity index (χ1v) is 11.6. The van der Waals surface area contributed by atoms with Crippen molar-refractivity contribution in [1.29, 1.82) is 0 Å². The van der Waals surface area contributed by atoms with Gasteiger partial charge >= 0.3 is 0 Å². The van der Waals surface area contributed by atoms with E-state index < -0.39 is 0 Å². The quantitative estimate of drug-likeness (QED) is 0.452. The van der Waals surface area contributed by atoms with Crippen molar-refractivity contribution in [3.8, 4) is 5.69 Å². The van der Waals surface area contributed by atoms with Crippen molar-refractivity contribution in [3.05, 3.63) is 71.9 Å². The van der Waals surface area contributed by atoms with Crippen LogP contribution in [0.3, 0.4) is 0 Å². The van der Waals surface area contributed by atoms with Crippen LogP contribution in [0.2, 0.25) is 0 Å². The Labute approximate surface area is 201 Å². The molecule has 4 heterocycles. The molecule has 2 bridgehead atoms. The predicted octanol–water partition coefficient (Wildman–Crippen LogP) is 2.64. The zero-order chi connectivity index (χ0) is 23.9. The van der Waals surface area contributed by atoms with Gasteiger partial charge in [0.1, 0.15) is 5.82 Å². The molecule has 2 aliphatic rings. The summed E-state index contributed by atoms with van der Waals surface area (Å²) in [5, 5.41) is 9.11. The highest BCUT2D eigenvalue weighted by Crippen LogP contribution is 2.27. The van der Waals surface area contributed by atoms with Gasteiger partial charge in [0.25, 0.3) is 5.91 Å². The molecule has 9 nitrogen and oxygen atoms in total. The lowest BCUT2D eigenvalue weighted by atomic mass is 10.1. The van der Waals surface area contributed by atoms with Crippen LogP contribution in [-0.4, -0.2) is 74.7 Å². The van der Waals surface area contributed by atoms with E-state index >= 15 is 0 Å². The van der Waals surface area contributed by atoms with Crippen LogP contribution in [0.1, 0.15) is 15.9 Å². The molecule has 2 aromatic carbocycles. The average molecular weight is 474 g/mol. The molecule has 0 N–H and O–H groups in total. The fourth-order valence-corrected chi connectivity index (χ4v) is 4.89. The van der Waals surface area contributed by atoms with Gasteiger partial charge in [-0.25, -0.2) is 14.4 Å². The number of aryl methyl sites for hydroxylation is 1. The van der Waals surface area contributed by atoms with E-state index in [0.29, 0.717) is 61.0 Å². The summed E-state index contributed by atoms with van der Waals surface area (Å²) in [5.41, 5.74) is 2.89.